The van der Waals surface area contributed by atoms with Crippen LogP contribution in [-0.2, 0) is 0 Å². The SMILES string of the molecule is c1ccc2c(NCC[C@@H]3CCCN3)ncnc2c1. The van der Waals surface area contributed by atoms with Crippen LogP contribution >= 0.6 is 0 Å². The maximum Gasteiger partial charge on any atom is 0.137 e. The van der Waals surface area contributed by atoms with Crippen LogP contribution in [0.15, 0.2) is 30.6 Å². The summed E-state index contributed by atoms with van der Waals surface area (Å²) in [5.41, 5.74) is 0.994. The first-order chi connectivity index (χ1) is 8.93. The first-order valence-corrected chi connectivity index (χ1v) is 6.60. The second-order valence-electron chi connectivity index (χ2n) is 4.75. The Morgan fingerprint density at radius 1 is 1.28 bits per heavy atom. The molecule has 0 amide bonds. The Bertz CT molecular complexity index is 515. The van der Waals surface area contributed by atoms with Gasteiger partial charge in [0.05, 0.1) is 5.52 Å². The maximum atomic E-state index is 4.33. The first kappa shape index (κ1) is 11.4. The minimum Gasteiger partial charge on any atom is -0.369 e. The fraction of sp³-hybridized carbons (Fsp3) is 0.429. The van der Waals surface area contributed by atoms with Gasteiger partial charge in [-0.15, -0.1) is 0 Å². The lowest BCUT2D eigenvalue weighted by molar-refractivity contribution is 0.574. The van der Waals surface area contributed by atoms with E-state index in [9.17, 15) is 0 Å². The molecule has 0 bridgehead atoms. The highest BCUT2D eigenvalue weighted by molar-refractivity contribution is 5.88. The predicted octanol–water partition coefficient (Wildman–Crippen LogP) is 2.18. The average Bonchev–Trinajstić information content (AvgIpc) is 2.92. The number of aromatic nitrogens is 2. The summed E-state index contributed by atoms with van der Waals surface area (Å²) >= 11 is 0. The van der Waals surface area contributed by atoms with Crippen LogP contribution in [0.25, 0.3) is 10.9 Å². The molecule has 0 radical (unpaired) electrons. The second-order valence-corrected chi connectivity index (χ2v) is 4.75. The number of hydrogen-bond acceptors (Lipinski definition) is 4. The van der Waals surface area contributed by atoms with Crippen molar-refractivity contribution in [3.05, 3.63) is 30.6 Å². The number of nitrogens with zero attached hydrogens (tertiary/aromatic N) is 2. The van der Waals surface area contributed by atoms with Crippen LogP contribution < -0.4 is 10.6 Å². The topological polar surface area (TPSA) is 49.8 Å². The van der Waals surface area contributed by atoms with Gasteiger partial charge >= 0.3 is 0 Å². The number of rotatable bonds is 4. The van der Waals surface area contributed by atoms with Crippen molar-refractivity contribution in [2.75, 3.05) is 18.4 Å². The number of benzene rings is 1. The molecule has 2 heterocycles. The van der Waals surface area contributed by atoms with Crippen LogP contribution in [0.2, 0.25) is 0 Å². The molecule has 4 nitrogen and oxygen atoms in total. The zero-order valence-electron chi connectivity index (χ0n) is 10.4. The lowest BCUT2D eigenvalue weighted by atomic mass is 10.1. The molecule has 1 aromatic carbocycles. The summed E-state index contributed by atoms with van der Waals surface area (Å²) in [5.74, 6) is 0.943. The van der Waals surface area contributed by atoms with Gasteiger partial charge in [0.2, 0.25) is 0 Å². The van der Waals surface area contributed by atoms with Crippen LogP contribution in [-0.4, -0.2) is 29.1 Å². The fourth-order valence-corrected chi connectivity index (χ4v) is 2.51. The molecule has 2 N–H and O–H groups in total. The number of fused-ring (bicyclic) bond motifs is 1. The fourth-order valence-electron chi connectivity index (χ4n) is 2.51. The van der Waals surface area contributed by atoms with Crippen LogP contribution in [0, 0.1) is 0 Å². The van der Waals surface area contributed by atoms with Crippen molar-refractivity contribution in [1.29, 1.82) is 0 Å². The zero-order valence-corrected chi connectivity index (χ0v) is 10.4. The van der Waals surface area contributed by atoms with Crippen LogP contribution in [0.5, 0.6) is 0 Å². The summed E-state index contributed by atoms with van der Waals surface area (Å²) in [4.78, 5) is 8.59. The molecular weight excluding hydrogens is 224 g/mol. The van der Waals surface area contributed by atoms with E-state index in [-0.39, 0.29) is 0 Å². The highest BCUT2D eigenvalue weighted by Gasteiger charge is 2.13. The number of anilines is 1. The third kappa shape index (κ3) is 2.43. The standard InChI is InChI=1S/C14H18N4/c1-2-6-13-12(5-1)14(18-10-17-13)16-9-7-11-4-3-8-15-11/h1-2,5-6,10-11,15H,3-4,7-9H2,(H,16,17,18)/t11-/m0/s1. The van der Waals surface area contributed by atoms with Gasteiger partial charge in [0.15, 0.2) is 0 Å². The van der Waals surface area contributed by atoms with Gasteiger partial charge in [0.1, 0.15) is 12.1 Å². The Hall–Kier alpha value is -1.68. The quantitative estimate of drug-likeness (QED) is 0.863. The van der Waals surface area contributed by atoms with Crippen molar-refractivity contribution in [3.8, 4) is 0 Å². The molecule has 94 valence electrons. The minimum atomic E-state index is 0.672. The highest BCUT2D eigenvalue weighted by Crippen LogP contribution is 2.18. The van der Waals surface area contributed by atoms with Crippen LogP contribution in [0.1, 0.15) is 19.3 Å². The summed E-state index contributed by atoms with van der Waals surface area (Å²) in [7, 11) is 0. The smallest absolute Gasteiger partial charge is 0.137 e. The van der Waals surface area contributed by atoms with E-state index in [1.165, 1.54) is 19.4 Å². The molecule has 3 rings (SSSR count). The Balaban J connectivity index is 1.66. The lowest BCUT2D eigenvalue weighted by Gasteiger charge is -2.12. The molecule has 0 aliphatic carbocycles. The van der Waals surface area contributed by atoms with Gasteiger partial charge < -0.3 is 10.6 Å². The van der Waals surface area contributed by atoms with E-state index in [1.54, 1.807) is 6.33 Å². The Morgan fingerprint density at radius 2 is 2.22 bits per heavy atom. The summed E-state index contributed by atoms with van der Waals surface area (Å²) < 4.78 is 0. The summed E-state index contributed by atoms with van der Waals surface area (Å²) in [6, 6.07) is 8.77. The molecular formula is C14H18N4. The van der Waals surface area contributed by atoms with Gasteiger partial charge in [-0.1, -0.05) is 12.1 Å². The molecule has 0 saturated carbocycles. The average molecular weight is 242 g/mol. The van der Waals surface area contributed by atoms with Gasteiger partial charge in [-0.05, 0) is 37.9 Å². The predicted molar refractivity (Wildman–Crippen MR) is 73.7 cm³/mol. The monoisotopic (exact) mass is 242 g/mol. The molecule has 1 saturated heterocycles. The van der Waals surface area contributed by atoms with E-state index in [4.69, 9.17) is 0 Å². The Kier molecular flexibility index (Phi) is 3.37. The summed E-state index contributed by atoms with van der Waals surface area (Å²) in [6.07, 6.45) is 5.38. The molecule has 0 spiro atoms. The van der Waals surface area contributed by atoms with Gasteiger partial charge in [0.25, 0.3) is 0 Å². The third-order valence-corrected chi connectivity index (χ3v) is 3.49. The van der Waals surface area contributed by atoms with Gasteiger partial charge in [0, 0.05) is 18.0 Å². The van der Waals surface area contributed by atoms with Gasteiger partial charge in [-0.25, -0.2) is 9.97 Å². The number of nitrogens with one attached hydrogen (secondary N) is 2. The zero-order chi connectivity index (χ0) is 12.2. The van der Waals surface area contributed by atoms with Crippen molar-refractivity contribution >= 4 is 16.7 Å². The van der Waals surface area contributed by atoms with Crippen molar-refractivity contribution in [2.24, 2.45) is 0 Å². The van der Waals surface area contributed by atoms with Crippen molar-refractivity contribution in [1.82, 2.24) is 15.3 Å². The van der Waals surface area contributed by atoms with Crippen molar-refractivity contribution < 1.29 is 0 Å². The van der Waals surface area contributed by atoms with Crippen molar-refractivity contribution in [3.63, 3.8) is 0 Å². The molecule has 4 heteroatoms. The van der Waals surface area contributed by atoms with E-state index in [0.717, 1.165) is 29.7 Å². The van der Waals surface area contributed by atoms with E-state index >= 15 is 0 Å². The molecule has 1 aliphatic rings. The van der Waals surface area contributed by atoms with E-state index < -0.39 is 0 Å². The third-order valence-electron chi connectivity index (χ3n) is 3.49. The van der Waals surface area contributed by atoms with Crippen LogP contribution in [0.3, 0.4) is 0 Å². The van der Waals surface area contributed by atoms with Crippen LogP contribution in [0.4, 0.5) is 5.82 Å². The molecule has 2 aromatic rings. The molecule has 0 unspecified atom stereocenters. The Labute approximate surface area is 107 Å². The van der Waals surface area contributed by atoms with Gasteiger partial charge in [-0.2, -0.15) is 0 Å². The highest BCUT2D eigenvalue weighted by atomic mass is 15.0. The molecule has 1 aliphatic heterocycles. The molecule has 1 atom stereocenters. The maximum absolute atomic E-state index is 4.33. The largest absolute Gasteiger partial charge is 0.369 e. The lowest BCUT2D eigenvalue weighted by Crippen LogP contribution is -2.24. The molecule has 18 heavy (non-hydrogen) atoms. The van der Waals surface area contributed by atoms with Crippen molar-refractivity contribution in [2.45, 2.75) is 25.3 Å². The van der Waals surface area contributed by atoms with E-state index in [0.29, 0.717) is 6.04 Å². The summed E-state index contributed by atoms with van der Waals surface area (Å²) in [5, 5.41) is 8.03. The first-order valence-electron chi connectivity index (χ1n) is 6.60. The molecule has 1 fully saturated rings. The number of hydrogen-bond donors (Lipinski definition) is 2. The Morgan fingerprint density at radius 3 is 3.11 bits per heavy atom. The van der Waals surface area contributed by atoms with E-state index in [2.05, 4.69) is 26.7 Å². The second kappa shape index (κ2) is 5.31. The van der Waals surface area contributed by atoms with Gasteiger partial charge in [-0.3, -0.25) is 0 Å². The summed E-state index contributed by atoms with van der Waals surface area (Å²) in [6.45, 7) is 2.12. The van der Waals surface area contributed by atoms with E-state index in [1.807, 2.05) is 18.2 Å². The normalized spacial score (nSPS) is 19.2. The molecule has 1 aromatic heterocycles. The minimum absolute atomic E-state index is 0.672. The number of para-hydroxylation sites is 1.